The highest BCUT2D eigenvalue weighted by Crippen LogP contribution is 2.51. The molecule has 0 aliphatic heterocycles. The van der Waals surface area contributed by atoms with Crippen molar-refractivity contribution < 1.29 is 4.42 Å². The molecule has 1 aromatic heterocycles. The second kappa shape index (κ2) is 5.25. The van der Waals surface area contributed by atoms with Crippen LogP contribution < -0.4 is 5.73 Å². The Bertz CT molecular complexity index is 592. The van der Waals surface area contributed by atoms with Crippen molar-refractivity contribution in [3.8, 4) is 0 Å². The molecule has 2 aromatic rings. The number of fused-ring (bicyclic) bond motifs is 1. The van der Waals surface area contributed by atoms with E-state index in [1.54, 1.807) is 0 Å². The molecule has 0 amide bonds. The number of aryl methyl sites for hydroxylation is 1. The Morgan fingerprint density at radius 3 is 2.55 bits per heavy atom. The van der Waals surface area contributed by atoms with Crippen LogP contribution in [0.15, 0.2) is 28.7 Å². The molecular formula is C18H25NO. The Balaban J connectivity index is 2.12. The predicted molar refractivity (Wildman–Crippen MR) is 83.7 cm³/mol. The van der Waals surface area contributed by atoms with Crippen LogP contribution in [0.3, 0.4) is 0 Å². The quantitative estimate of drug-likeness (QED) is 0.853. The average molecular weight is 271 g/mol. The summed E-state index contributed by atoms with van der Waals surface area (Å²) in [4.78, 5) is 0. The van der Waals surface area contributed by atoms with Crippen molar-refractivity contribution >= 4 is 11.0 Å². The molecule has 1 heterocycles. The van der Waals surface area contributed by atoms with Gasteiger partial charge in [0.2, 0.25) is 0 Å². The molecule has 0 bridgehead atoms. The van der Waals surface area contributed by atoms with E-state index in [9.17, 15) is 0 Å². The molecule has 1 saturated carbocycles. The molecule has 1 aliphatic carbocycles. The Morgan fingerprint density at radius 2 is 1.90 bits per heavy atom. The lowest BCUT2D eigenvalue weighted by Crippen LogP contribution is -2.32. The van der Waals surface area contributed by atoms with Crippen LogP contribution in [0.1, 0.15) is 63.3 Å². The zero-order valence-corrected chi connectivity index (χ0v) is 12.6. The van der Waals surface area contributed by atoms with Gasteiger partial charge in [0, 0.05) is 23.4 Å². The molecule has 20 heavy (non-hydrogen) atoms. The van der Waals surface area contributed by atoms with Gasteiger partial charge in [-0.1, -0.05) is 44.9 Å². The van der Waals surface area contributed by atoms with Gasteiger partial charge in [-0.25, -0.2) is 0 Å². The monoisotopic (exact) mass is 271 g/mol. The zero-order valence-electron chi connectivity index (χ0n) is 12.6. The maximum atomic E-state index is 6.77. The van der Waals surface area contributed by atoms with Crippen LogP contribution in [0.5, 0.6) is 0 Å². The molecule has 1 aromatic carbocycles. The van der Waals surface area contributed by atoms with E-state index in [1.165, 1.54) is 36.6 Å². The Hall–Kier alpha value is -1.28. The fraction of sp³-hybridized carbons (Fsp3) is 0.556. The maximum absolute atomic E-state index is 6.77. The highest BCUT2D eigenvalue weighted by Gasteiger charge is 2.40. The number of hydrogen-bond acceptors (Lipinski definition) is 2. The van der Waals surface area contributed by atoms with E-state index in [1.807, 2.05) is 6.07 Å². The van der Waals surface area contributed by atoms with Gasteiger partial charge < -0.3 is 10.2 Å². The van der Waals surface area contributed by atoms with Crippen LogP contribution in [0, 0.1) is 5.41 Å². The lowest BCUT2D eigenvalue weighted by Gasteiger charge is -2.34. The normalized spacial score (nSPS) is 19.6. The first kappa shape index (κ1) is 13.7. The molecule has 2 nitrogen and oxygen atoms in total. The zero-order chi connectivity index (χ0) is 14.2. The average Bonchev–Trinajstić information content (AvgIpc) is 3.11. The molecule has 1 aliphatic rings. The summed E-state index contributed by atoms with van der Waals surface area (Å²) in [5, 5.41) is 1.22. The molecule has 2 heteroatoms. The van der Waals surface area contributed by atoms with Crippen molar-refractivity contribution in [2.45, 2.75) is 58.4 Å². The van der Waals surface area contributed by atoms with Crippen molar-refractivity contribution in [1.82, 2.24) is 0 Å². The van der Waals surface area contributed by atoms with Gasteiger partial charge in [0.25, 0.3) is 0 Å². The first-order chi connectivity index (χ1) is 9.72. The minimum Gasteiger partial charge on any atom is -0.461 e. The van der Waals surface area contributed by atoms with Gasteiger partial charge in [-0.2, -0.15) is 0 Å². The second-order valence-electron chi connectivity index (χ2n) is 6.19. The minimum absolute atomic E-state index is 0.105. The van der Waals surface area contributed by atoms with E-state index < -0.39 is 0 Å². The standard InChI is InChI=1S/C18H25NO/c1-3-14-16(13-9-5-6-10-15(13)20-14)17(19)18(4-2)11-7-8-12-18/h5-6,9-10,17H,3-4,7-8,11-12,19H2,1-2H3. The summed E-state index contributed by atoms with van der Waals surface area (Å²) in [6.07, 6.45) is 7.23. The molecule has 2 N–H and O–H groups in total. The summed E-state index contributed by atoms with van der Waals surface area (Å²) in [6, 6.07) is 8.43. The fourth-order valence-corrected chi connectivity index (χ4v) is 3.99. The molecule has 0 saturated heterocycles. The molecule has 1 fully saturated rings. The number of hydrogen-bond donors (Lipinski definition) is 1. The number of furan rings is 1. The Labute approximate surface area is 121 Å². The van der Waals surface area contributed by atoms with Crippen LogP contribution in [-0.2, 0) is 6.42 Å². The van der Waals surface area contributed by atoms with Gasteiger partial charge in [-0.3, -0.25) is 0 Å². The molecule has 3 rings (SSSR count). The van der Waals surface area contributed by atoms with Gasteiger partial charge in [-0.05, 0) is 30.7 Å². The van der Waals surface area contributed by atoms with E-state index in [0.29, 0.717) is 0 Å². The van der Waals surface area contributed by atoms with Gasteiger partial charge in [0.15, 0.2) is 0 Å². The molecular weight excluding hydrogens is 246 g/mol. The maximum Gasteiger partial charge on any atom is 0.134 e. The third-order valence-electron chi connectivity index (χ3n) is 5.31. The van der Waals surface area contributed by atoms with Crippen LogP contribution in [0.2, 0.25) is 0 Å². The van der Waals surface area contributed by atoms with Crippen molar-refractivity contribution in [1.29, 1.82) is 0 Å². The number of benzene rings is 1. The van der Waals surface area contributed by atoms with Gasteiger partial charge >= 0.3 is 0 Å². The molecule has 108 valence electrons. The largest absolute Gasteiger partial charge is 0.461 e. The van der Waals surface area contributed by atoms with E-state index in [-0.39, 0.29) is 11.5 Å². The van der Waals surface area contributed by atoms with E-state index >= 15 is 0 Å². The van der Waals surface area contributed by atoms with Crippen LogP contribution in [-0.4, -0.2) is 0 Å². The van der Waals surface area contributed by atoms with Gasteiger partial charge in [0.1, 0.15) is 11.3 Å². The predicted octanol–water partition coefficient (Wildman–Crippen LogP) is 4.97. The number of nitrogens with two attached hydrogens (primary N) is 1. The third-order valence-corrected chi connectivity index (χ3v) is 5.31. The summed E-state index contributed by atoms with van der Waals surface area (Å²) in [6.45, 7) is 4.44. The molecule has 0 spiro atoms. The van der Waals surface area contributed by atoms with Crippen molar-refractivity contribution in [2.75, 3.05) is 0 Å². The highest BCUT2D eigenvalue weighted by molar-refractivity contribution is 5.83. The van der Waals surface area contributed by atoms with Crippen molar-refractivity contribution in [2.24, 2.45) is 11.1 Å². The van der Waals surface area contributed by atoms with Gasteiger partial charge in [0.05, 0.1) is 0 Å². The lowest BCUT2D eigenvalue weighted by atomic mass is 9.73. The Morgan fingerprint density at radius 1 is 1.20 bits per heavy atom. The first-order valence-corrected chi connectivity index (χ1v) is 7.97. The second-order valence-corrected chi connectivity index (χ2v) is 6.19. The van der Waals surface area contributed by atoms with E-state index in [0.717, 1.165) is 24.2 Å². The SMILES string of the molecule is CCc1oc2ccccc2c1C(N)C1(CC)CCCC1. The van der Waals surface area contributed by atoms with Crippen molar-refractivity contribution in [3.05, 3.63) is 35.6 Å². The summed E-state index contributed by atoms with van der Waals surface area (Å²) < 4.78 is 6.04. The fourth-order valence-electron chi connectivity index (χ4n) is 3.99. The number of para-hydroxylation sites is 1. The molecule has 0 radical (unpaired) electrons. The van der Waals surface area contributed by atoms with Gasteiger partial charge in [-0.15, -0.1) is 0 Å². The summed E-state index contributed by atoms with van der Waals surface area (Å²) >= 11 is 0. The highest BCUT2D eigenvalue weighted by atomic mass is 16.3. The number of rotatable bonds is 4. The van der Waals surface area contributed by atoms with E-state index in [2.05, 4.69) is 32.0 Å². The topological polar surface area (TPSA) is 39.2 Å². The minimum atomic E-state index is 0.105. The smallest absolute Gasteiger partial charge is 0.134 e. The van der Waals surface area contributed by atoms with Crippen LogP contribution in [0.4, 0.5) is 0 Å². The van der Waals surface area contributed by atoms with Crippen LogP contribution >= 0.6 is 0 Å². The molecule has 1 unspecified atom stereocenters. The van der Waals surface area contributed by atoms with E-state index in [4.69, 9.17) is 10.2 Å². The summed E-state index contributed by atoms with van der Waals surface area (Å²) in [5.41, 5.74) is 9.30. The summed E-state index contributed by atoms with van der Waals surface area (Å²) in [7, 11) is 0. The Kier molecular flexibility index (Phi) is 3.59. The van der Waals surface area contributed by atoms with Crippen LogP contribution in [0.25, 0.3) is 11.0 Å². The first-order valence-electron chi connectivity index (χ1n) is 7.97. The lowest BCUT2D eigenvalue weighted by molar-refractivity contribution is 0.221. The third kappa shape index (κ3) is 1.98. The van der Waals surface area contributed by atoms with Crippen molar-refractivity contribution in [3.63, 3.8) is 0 Å². The molecule has 1 atom stereocenters. The summed E-state index contributed by atoms with van der Waals surface area (Å²) in [5.74, 6) is 1.08.